The molecule has 0 unspecified atom stereocenters. The number of rotatable bonds is 5. The second-order valence-electron chi connectivity index (χ2n) is 6.94. The molecule has 2 aromatic carbocycles. The van der Waals surface area contributed by atoms with Gasteiger partial charge in [0.25, 0.3) is 0 Å². The van der Waals surface area contributed by atoms with Crippen LogP contribution in [0.2, 0.25) is 0 Å². The Kier molecular flexibility index (Phi) is 5.68. The lowest BCUT2D eigenvalue weighted by atomic mass is 10.0. The van der Waals surface area contributed by atoms with E-state index in [4.69, 9.17) is 10.5 Å². The van der Waals surface area contributed by atoms with Gasteiger partial charge in [0.1, 0.15) is 11.8 Å². The van der Waals surface area contributed by atoms with Gasteiger partial charge in [-0.05, 0) is 36.8 Å². The predicted molar refractivity (Wildman–Crippen MR) is 121 cm³/mol. The minimum Gasteiger partial charge on any atom is -0.504 e. The van der Waals surface area contributed by atoms with Crippen LogP contribution in [0.4, 0.5) is 22.0 Å². The summed E-state index contributed by atoms with van der Waals surface area (Å²) in [7, 11) is 0. The Bertz CT molecular complexity index is 1350. The Morgan fingerprint density at radius 3 is 2.45 bits per heavy atom. The van der Waals surface area contributed by atoms with Crippen molar-refractivity contribution in [2.75, 3.05) is 23.0 Å². The topological polar surface area (TPSA) is 164 Å². The lowest BCUT2D eigenvalue weighted by molar-refractivity contribution is 0.0527. The lowest BCUT2D eigenvalue weighted by Crippen LogP contribution is -2.19. The molecule has 0 saturated carbocycles. The highest BCUT2D eigenvalue weighted by atomic mass is 16.5. The van der Waals surface area contributed by atoms with Crippen LogP contribution >= 0.6 is 0 Å². The van der Waals surface area contributed by atoms with E-state index in [-0.39, 0.29) is 29.5 Å². The molecule has 0 atom stereocenters. The number of anilines is 3. The number of carbonyl (C=O) groups is 2. The molecular weight excluding hydrogens is 428 g/mol. The molecule has 0 saturated heterocycles. The zero-order valence-corrected chi connectivity index (χ0v) is 17.4. The van der Waals surface area contributed by atoms with Gasteiger partial charge in [0, 0.05) is 29.2 Å². The normalized spacial score (nSPS) is 10.7. The van der Waals surface area contributed by atoms with Crippen LogP contribution in [0.3, 0.4) is 0 Å². The summed E-state index contributed by atoms with van der Waals surface area (Å²) in [4.78, 5) is 28.8. The summed E-state index contributed by atoms with van der Waals surface area (Å²) >= 11 is 0. The number of fused-ring (bicyclic) bond motifs is 1. The van der Waals surface area contributed by atoms with E-state index < -0.39 is 12.0 Å². The van der Waals surface area contributed by atoms with Crippen LogP contribution < -0.4 is 16.4 Å². The number of hydrogen-bond acceptors (Lipinski definition) is 8. The van der Waals surface area contributed by atoms with Crippen LogP contribution in [-0.2, 0) is 4.74 Å². The van der Waals surface area contributed by atoms with Crippen molar-refractivity contribution in [1.82, 2.24) is 14.6 Å². The molecule has 0 spiro atoms. The average Bonchev–Trinajstić information content (AvgIpc) is 3.18. The summed E-state index contributed by atoms with van der Waals surface area (Å²) in [5.74, 6) is -0.953. The van der Waals surface area contributed by atoms with Crippen molar-refractivity contribution >= 4 is 34.7 Å². The van der Waals surface area contributed by atoms with Gasteiger partial charge in [-0.3, -0.25) is 0 Å². The number of benzene rings is 2. The smallest absolute Gasteiger partial charge is 0.340 e. The van der Waals surface area contributed by atoms with Gasteiger partial charge in [0.15, 0.2) is 17.3 Å². The van der Waals surface area contributed by atoms with Crippen molar-refractivity contribution in [3.05, 3.63) is 60.6 Å². The van der Waals surface area contributed by atoms with E-state index in [9.17, 15) is 19.8 Å². The van der Waals surface area contributed by atoms with Crippen molar-refractivity contribution in [3.63, 3.8) is 0 Å². The van der Waals surface area contributed by atoms with Crippen molar-refractivity contribution in [2.45, 2.75) is 6.92 Å². The minimum atomic E-state index is -0.549. The monoisotopic (exact) mass is 448 g/mol. The van der Waals surface area contributed by atoms with Gasteiger partial charge in [0.05, 0.1) is 12.2 Å². The molecule has 2 aromatic heterocycles. The Morgan fingerprint density at radius 2 is 1.76 bits per heavy atom. The maximum atomic E-state index is 12.5. The van der Waals surface area contributed by atoms with Crippen LogP contribution in [0.1, 0.15) is 17.3 Å². The maximum absolute atomic E-state index is 12.5. The van der Waals surface area contributed by atoms with Crippen LogP contribution in [-0.4, -0.2) is 43.4 Å². The molecule has 0 aliphatic rings. The third kappa shape index (κ3) is 4.32. The Balaban J connectivity index is 1.60. The molecule has 168 valence electrons. The van der Waals surface area contributed by atoms with E-state index in [0.717, 1.165) is 0 Å². The molecule has 33 heavy (non-hydrogen) atoms. The number of phenolic OH excluding ortho intramolecular Hbond substituents is 2. The van der Waals surface area contributed by atoms with Gasteiger partial charge in [0.2, 0.25) is 0 Å². The van der Waals surface area contributed by atoms with E-state index in [2.05, 4.69) is 20.7 Å². The van der Waals surface area contributed by atoms with Gasteiger partial charge in [-0.25, -0.2) is 19.1 Å². The number of ether oxygens (including phenoxy) is 1. The summed E-state index contributed by atoms with van der Waals surface area (Å²) in [5, 5.41) is 28.2. The molecule has 4 aromatic rings. The first-order valence-electron chi connectivity index (χ1n) is 9.86. The van der Waals surface area contributed by atoms with E-state index in [0.29, 0.717) is 28.0 Å². The molecule has 4 rings (SSSR count). The number of nitrogens with one attached hydrogen (secondary N) is 2. The number of nitrogens with two attached hydrogens (primary N) is 1. The number of aromatic nitrogens is 3. The number of aromatic hydroxyl groups is 2. The third-order valence-corrected chi connectivity index (χ3v) is 4.76. The first-order valence-corrected chi connectivity index (χ1v) is 9.86. The summed E-state index contributed by atoms with van der Waals surface area (Å²) in [6.07, 6.45) is 2.83. The number of phenols is 2. The number of urea groups is 1. The number of hydrogen-bond donors (Lipinski definition) is 5. The fraction of sp³-hybridized carbons (Fsp3) is 0.0909. The largest absolute Gasteiger partial charge is 0.504 e. The molecule has 2 heterocycles. The van der Waals surface area contributed by atoms with Crippen molar-refractivity contribution < 1.29 is 24.5 Å². The van der Waals surface area contributed by atoms with Crippen LogP contribution in [0, 0.1) is 0 Å². The quantitative estimate of drug-likeness (QED) is 0.176. The SMILES string of the molecule is CCOC(=O)c1cn2ncnc(N)c2c1-c1ccc(NC(=O)Nc2ccc(O)c(O)c2)cc1. The molecule has 6 N–H and O–H groups in total. The number of esters is 1. The lowest BCUT2D eigenvalue weighted by Gasteiger charge is -2.10. The first kappa shape index (κ1) is 21.4. The highest BCUT2D eigenvalue weighted by molar-refractivity contribution is 6.05. The van der Waals surface area contributed by atoms with Crippen molar-refractivity contribution in [2.24, 2.45) is 0 Å². The molecule has 0 fully saturated rings. The second-order valence-corrected chi connectivity index (χ2v) is 6.94. The van der Waals surface area contributed by atoms with Crippen molar-refractivity contribution in [3.8, 4) is 22.6 Å². The predicted octanol–water partition coefficient (Wildman–Crippen LogP) is 3.21. The Hall–Kier alpha value is -4.80. The Labute approximate surface area is 187 Å². The molecule has 0 aliphatic heterocycles. The highest BCUT2D eigenvalue weighted by Gasteiger charge is 2.22. The zero-order chi connectivity index (χ0) is 23.5. The first-order chi connectivity index (χ1) is 15.9. The fourth-order valence-electron chi connectivity index (χ4n) is 3.31. The minimum absolute atomic E-state index is 0.203. The van der Waals surface area contributed by atoms with Gasteiger partial charge in [-0.15, -0.1) is 0 Å². The van der Waals surface area contributed by atoms with Crippen LogP contribution in [0.25, 0.3) is 16.6 Å². The number of nitrogens with zero attached hydrogens (tertiary/aromatic N) is 3. The van der Waals surface area contributed by atoms with E-state index in [1.54, 1.807) is 31.2 Å². The number of nitrogen functional groups attached to an aromatic ring is 1. The fourth-order valence-corrected chi connectivity index (χ4v) is 3.31. The van der Waals surface area contributed by atoms with Crippen LogP contribution in [0.5, 0.6) is 11.5 Å². The molecule has 11 nitrogen and oxygen atoms in total. The van der Waals surface area contributed by atoms with Gasteiger partial charge >= 0.3 is 12.0 Å². The van der Waals surface area contributed by atoms with Gasteiger partial charge < -0.3 is 31.3 Å². The molecule has 11 heteroatoms. The molecular formula is C22H20N6O5. The highest BCUT2D eigenvalue weighted by Crippen LogP contribution is 2.33. The number of amides is 2. The van der Waals surface area contributed by atoms with E-state index >= 15 is 0 Å². The Morgan fingerprint density at radius 1 is 1.06 bits per heavy atom. The second kappa shape index (κ2) is 8.75. The third-order valence-electron chi connectivity index (χ3n) is 4.76. The average molecular weight is 448 g/mol. The van der Waals surface area contributed by atoms with E-state index in [1.165, 1.54) is 35.2 Å². The summed E-state index contributed by atoms with van der Waals surface area (Å²) < 4.78 is 6.64. The molecule has 0 bridgehead atoms. The van der Waals surface area contributed by atoms with Crippen LogP contribution in [0.15, 0.2) is 55.0 Å². The summed E-state index contributed by atoms with van der Waals surface area (Å²) in [6, 6.07) is 10.1. The zero-order valence-electron chi connectivity index (χ0n) is 17.4. The molecule has 2 amide bonds. The van der Waals surface area contributed by atoms with Gasteiger partial charge in [-0.2, -0.15) is 5.10 Å². The van der Waals surface area contributed by atoms with Gasteiger partial charge in [-0.1, -0.05) is 12.1 Å². The summed E-state index contributed by atoms with van der Waals surface area (Å²) in [6.45, 7) is 1.93. The molecule has 0 radical (unpaired) electrons. The summed E-state index contributed by atoms with van der Waals surface area (Å²) in [5.41, 5.74) is 8.74. The van der Waals surface area contributed by atoms with Crippen molar-refractivity contribution in [1.29, 1.82) is 0 Å². The standard InChI is InChI=1S/C22H20N6O5/c1-2-33-21(31)15-10-28-19(20(23)24-11-25-28)18(15)12-3-5-13(6-4-12)26-22(32)27-14-7-8-16(29)17(30)9-14/h3-11,29-30H,2H2,1H3,(H2,23,24,25)(H2,26,27,32). The maximum Gasteiger partial charge on any atom is 0.340 e. The van der Waals surface area contributed by atoms with E-state index in [1.807, 2.05) is 0 Å². The number of carbonyl (C=O) groups excluding carboxylic acids is 2. The molecule has 0 aliphatic carbocycles.